The number of anilines is 4. The maximum absolute atomic E-state index is 13.3. The molecule has 5 rings (SSSR count). The van der Waals surface area contributed by atoms with Gasteiger partial charge in [-0.2, -0.15) is 0 Å². The number of hydrogen-bond acceptors (Lipinski definition) is 10. The van der Waals surface area contributed by atoms with E-state index in [1.165, 1.54) is 13.4 Å². The smallest absolute Gasteiger partial charge is 0.255 e. The minimum Gasteiger partial charge on any atom is -0.492 e. The minimum atomic E-state index is -3.55. The molecule has 13 heteroatoms. The van der Waals surface area contributed by atoms with E-state index in [1.54, 1.807) is 37.4 Å². The molecular weight excluding hydrogens is 582 g/mol. The number of fused-ring (bicyclic) bond motifs is 1. The normalized spacial score (nSPS) is 14.4. The Labute approximate surface area is 257 Å². The molecule has 2 aromatic heterocycles. The molecule has 0 bridgehead atoms. The topological polar surface area (TPSA) is 148 Å². The van der Waals surface area contributed by atoms with E-state index in [1.807, 2.05) is 19.1 Å². The predicted molar refractivity (Wildman–Crippen MR) is 171 cm³/mol. The number of aromatic nitrogens is 3. The predicted octanol–water partition coefficient (Wildman–Crippen LogP) is 4.54. The molecule has 0 unspecified atom stereocenters. The van der Waals surface area contributed by atoms with Crippen LogP contribution in [0.5, 0.6) is 5.75 Å². The number of methoxy groups -OCH3 is 2. The third-order valence-electron chi connectivity index (χ3n) is 7.64. The molecule has 1 saturated heterocycles. The fraction of sp³-hybridized carbons (Fsp3) is 0.355. The molecule has 4 aromatic rings. The number of nitrogens with one attached hydrogen (secondary N) is 3. The first kappa shape index (κ1) is 31.1. The standard InChI is InChI=1S/C31H37N7O5S/c1-20-8-9-22(31(39)36-25-6-5-7-26(29(25)43-3)37-44(4,40)41)18-27(20)35-30-28-24(32-19-33-30)11-10-23(34-28)21-12-14-38(15-13-21)16-17-42-2/h5-11,18-19,21,37H,12-17H2,1-4H3,(H,36,39)(H,32,33,35). The largest absolute Gasteiger partial charge is 0.492 e. The number of carbonyl (C=O) groups excluding carboxylic acids is 1. The van der Waals surface area contributed by atoms with Gasteiger partial charge < -0.3 is 25.0 Å². The number of carbonyl (C=O) groups is 1. The lowest BCUT2D eigenvalue weighted by Gasteiger charge is -2.31. The van der Waals surface area contributed by atoms with Gasteiger partial charge in [-0.15, -0.1) is 0 Å². The van der Waals surface area contributed by atoms with Gasteiger partial charge in [0.25, 0.3) is 5.91 Å². The number of benzene rings is 2. The monoisotopic (exact) mass is 619 g/mol. The van der Waals surface area contributed by atoms with Crippen LogP contribution in [0.15, 0.2) is 54.9 Å². The average Bonchev–Trinajstić information content (AvgIpc) is 3.00. The van der Waals surface area contributed by atoms with Gasteiger partial charge in [-0.05, 0) is 74.8 Å². The molecule has 44 heavy (non-hydrogen) atoms. The van der Waals surface area contributed by atoms with Gasteiger partial charge in [0.1, 0.15) is 11.8 Å². The molecule has 3 heterocycles. The highest BCUT2D eigenvalue weighted by Crippen LogP contribution is 2.34. The fourth-order valence-electron chi connectivity index (χ4n) is 5.30. The molecule has 2 aromatic carbocycles. The Hall–Kier alpha value is -4.33. The number of likely N-dealkylation sites (tertiary alicyclic amines) is 1. The van der Waals surface area contributed by atoms with Gasteiger partial charge >= 0.3 is 0 Å². The number of para-hydroxylation sites is 1. The quantitative estimate of drug-likeness (QED) is 0.219. The van der Waals surface area contributed by atoms with Crippen LogP contribution in [0.25, 0.3) is 11.0 Å². The van der Waals surface area contributed by atoms with Crippen LogP contribution < -0.4 is 20.1 Å². The molecule has 1 aliphatic heterocycles. The molecule has 3 N–H and O–H groups in total. The summed E-state index contributed by atoms with van der Waals surface area (Å²) in [7, 11) is -0.415. The van der Waals surface area contributed by atoms with Crippen molar-refractivity contribution in [3.63, 3.8) is 0 Å². The maximum Gasteiger partial charge on any atom is 0.255 e. The Morgan fingerprint density at radius 2 is 1.80 bits per heavy atom. The molecule has 0 aliphatic carbocycles. The van der Waals surface area contributed by atoms with Crippen molar-refractivity contribution in [2.24, 2.45) is 0 Å². The highest BCUT2D eigenvalue weighted by molar-refractivity contribution is 7.92. The molecule has 232 valence electrons. The number of pyridine rings is 1. The summed E-state index contributed by atoms with van der Waals surface area (Å²) in [5, 5.41) is 6.20. The van der Waals surface area contributed by atoms with Gasteiger partial charge in [-0.25, -0.2) is 23.4 Å². The van der Waals surface area contributed by atoms with Crippen LogP contribution in [0.2, 0.25) is 0 Å². The molecular formula is C31H37N7O5S. The third kappa shape index (κ3) is 7.41. The summed E-state index contributed by atoms with van der Waals surface area (Å²) in [4.78, 5) is 29.7. The Balaban J connectivity index is 1.36. The van der Waals surface area contributed by atoms with Crippen molar-refractivity contribution in [3.05, 3.63) is 71.7 Å². The number of aryl methyl sites for hydroxylation is 1. The Kier molecular flexibility index (Phi) is 9.57. The van der Waals surface area contributed by atoms with E-state index in [0.717, 1.165) is 62.1 Å². The molecule has 0 atom stereocenters. The van der Waals surface area contributed by atoms with Crippen LogP contribution in [0.3, 0.4) is 0 Å². The second kappa shape index (κ2) is 13.5. The van der Waals surface area contributed by atoms with Gasteiger partial charge in [-0.3, -0.25) is 9.52 Å². The van der Waals surface area contributed by atoms with Crippen LogP contribution in [0.1, 0.15) is 40.4 Å². The van der Waals surface area contributed by atoms with E-state index < -0.39 is 15.9 Å². The van der Waals surface area contributed by atoms with Crippen LogP contribution in [-0.2, 0) is 14.8 Å². The van der Waals surface area contributed by atoms with Gasteiger partial charge in [-0.1, -0.05) is 12.1 Å². The molecule has 0 saturated carbocycles. The SMILES string of the molecule is COCCN1CCC(c2ccc3ncnc(Nc4cc(C(=O)Nc5cccc(NS(C)(=O)=O)c5OC)ccc4C)c3n2)CC1. The van der Waals surface area contributed by atoms with Crippen LogP contribution in [0, 0.1) is 6.92 Å². The number of ether oxygens (including phenoxy) is 2. The van der Waals surface area contributed by atoms with Gasteiger partial charge in [0, 0.05) is 36.5 Å². The summed E-state index contributed by atoms with van der Waals surface area (Å²) < 4.78 is 36.6. The lowest BCUT2D eigenvalue weighted by Crippen LogP contribution is -2.35. The van der Waals surface area contributed by atoms with Crippen molar-refractivity contribution in [2.45, 2.75) is 25.7 Å². The number of hydrogen-bond donors (Lipinski definition) is 3. The van der Waals surface area contributed by atoms with E-state index >= 15 is 0 Å². The highest BCUT2D eigenvalue weighted by atomic mass is 32.2. The van der Waals surface area contributed by atoms with Gasteiger partial charge in [0.2, 0.25) is 10.0 Å². The second-order valence-corrected chi connectivity index (χ2v) is 12.6. The first-order chi connectivity index (χ1) is 21.1. The fourth-order valence-corrected chi connectivity index (χ4v) is 5.86. The lowest BCUT2D eigenvalue weighted by molar-refractivity contribution is 0.102. The van der Waals surface area contributed by atoms with Crippen LogP contribution >= 0.6 is 0 Å². The Bertz CT molecular complexity index is 1760. The van der Waals surface area contributed by atoms with Crippen molar-refractivity contribution in [2.75, 3.05) is 62.1 Å². The summed E-state index contributed by atoms with van der Waals surface area (Å²) in [5.41, 5.74) is 4.94. The average molecular weight is 620 g/mol. The number of rotatable bonds is 11. The molecule has 1 amide bonds. The third-order valence-corrected chi connectivity index (χ3v) is 8.23. The van der Waals surface area contributed by atoms with E-state index in [9.17, 15) is 13.2 Å². The number of sulfonamides is 1. The second-order valence-electron chi connectivity index (χ2n) is 10.8. The van der Waals surface area contributed by atoms with Crippen LogP contribution in [0.4, 0.5) is 22.9 Å². The minimum absolute atomic E-state index is 0.201. The Morgan fingerprint density at radius 1 is 1.02 bits per heavy atom. The van der Waals surface area contributed by atoms with E-state index in [0.29, 0.717) is 34.2 Å². The van der Waals surface area contributed by atoms with Crippen molar-refractivity contribution < 1.29 is 22.7 Å². The molecule has 1 aliphatic rings. The van der Waals surface area contributed by atoms with E-state index in [2.05, 4.69) is 36.3 Å². The summed E-state index contributed by atoms with van der Waals surface area (Å²) in [5.74, 6) is 0.707. The molecule has 1 fully saturated rings. The number of amides is 1. The lowest BCUT2D eigenvalue weighted by atomic mass is 9.93. The van der Waals surface area contributed by atoms with Crippen molar-refractivity contribution in [1.29, 1.82) is 0 Å². The van der Waals surface area contributed by atoms with Crippen molar-refractivity contribution in [1.82, 2.24) is 19.9 Å². The zero-order chi connectivity index (χ0) is 31.3. The summed E-state index contributed by atoms with van der Waals surface area (Å²) in [6.45, 7) is 5.61. The number of nitrogens with zero attached hydrogens (tertiary/aromatic N) is 4. The van der Waals surface area contributed by atoms with Gasteiger partial charge in [0.05, 0.1) is 36.9 Å². The van der Waals surface area contributed by atoms with Crippen LogP contribution in [-0.4, -0.2) is 80.9 Å². The van der Waals surface area contributed by atoms with Crippen molar-refractivity contribution >= 4 is 49.8 Å². The summed E-state index contributed by atoms with van der Waals surface area (Å²) in [6, 6.07) is 14.2. The molecule has 0 radical (unpaired) electrons. The Morgan fingerprint density at radius 3 is 2.52 bits per heavy atom. The van der Waals surface area contributed by atoms with Crippen molar-refractivity contribution in [3.8, 4) is 5.75 Å². The number of piperidine rings is 1. The molecule has 0 spiro atoms. The maximum atomic E-state index is 13.3. The van der Waals surface area contributed by atoms with Gasteiger partial charge in [0.15, 0.2) is 11.6 Å². The zero-order valence-corrected chi connectivity index (χ0v) is 26.1. The molecule has 12 nitrogen and oxygen atoms in total. The highest BCUT2D eigenvalue weighted by Gasteiger charge is 2.22. The first-order valence-electron chi connectivity index (χ1n) is 14.3. The zero-order valence-electron chi connectivity index (χ0n) is 25.3. The first-order valence-corrected chi connectivity index (χ1v) is 16.2. The summed E-state index contributed by atoms with van der Waals surface area (Å²) >= 11 is 0. The van der Waals surface area contributed by atoms with E-state index in [4.69, 9.17) is 14.5 Å². The van der Waals surface area contributed by atoms with E-state index in [-0.39, 0.29) is 11.4 Å². The summed E-state index contributed by atoms with van der Waals surface area (Å²) in [6.07, 6.45) is 4.58.